The maximum absolute atomic E-state index is 5.92. The molecule has 0 saturated carbocycles. The molecule has 0 fully saturated rings. The fourth-order valence-electron chi connectivity index (χ4n) is 1.78. The maximum Gasteiger partial charge on any atom is 0.0931 e. The molecule has 0 amide bonds. The Morgan fingerprint density at radius 1 is 1.59 bits per heavy atom. The molecule has 0 aliphatic carbocycles. The Morgan fingerprint density at radius 3 is 2.82 bits per heavy atom. The van der Waals surface area contributed by atoms with Crippen LogP contribution in [0.4, 0.5) is 0 Å². The van der Waals surface area contributed by atoms with Gasteiger partial charge in [-0.15, -0.1) is 11.3 Å². The number of hydrazine groups is 1. The molecule has 1 atom stereocenters. The average molecular weight is 271 g/mol. The second-order valence-electron chi connectivity index (χ2n) is 3.94. The summed E-state index contributed by atoms with van der Waals surface area (Å²) in [6.45, 7) is 2.04. The van der Waals surface area contributed by atoms with Crippen molar-refractivity contribution in [2.75, 3.05) is 0 Å². The number of nitrogens with two attached hydrogens (primary N) is 1. The molecule has 2 aromatic rings. The predicted octanol–water partition coefficient (Wildman–Crippen LogP) is 2.19. The van der Waals surface area contributed by atoms with E-state index in [4.69, 9.17) is 17.4 Å². The molecule has 0 radical (unpaired) electrons. The van der Waals surface area contributed by atoms with Crippen LogP contribution in [-0.2, 0) is 13.5 Å². The summed E-state index contributed by atoms with van der Waals surface area (Å²) in [5.41, 5.74) is 5.09. The Hall–Kier alpha value is -0.880. The van der Waals surface area contributed by atoms with E-state index in [-0.39, 0.29) is 6.04 Å². The molecule has 3 N–H and O–H groups in total. The van der Waals surface area contributed by atoms with Crippen LogP contribution in [0, 0.1) is 6.92 Å². The number of thiophene rings is 1. The van der Waals surface area contributed by atoms with Crippen molar-refractivity contribution in [2.45, 2.75) is 19.4 Å². The minimum Gasteiger partial charge on any atom is -0.273 e. The van der Waals surface area contributed by atoms with Crippen LogP contribution in [0.25, 0.3) is 0 Å². The lowest BCUT2D eigenvalue weighted by Gasteiger charge is -2.14. The van der Waals surface area contributed by atoms with Gasteiger partial charge in [-0.2, -0.15) is 5.10 Å². The molecule has 2 aromatic heterocycles. The molecule has 1 unspecified atom stereocenters. The number of aromatic nitrogens is 2. The van der Waals surface area contributed by atoms with Gasteiger partial charge in [0.2, 0.25) is 0 Å². The van der Waals surface area contributed by atoms with E-state index < -0.39 is 0 Å². The molecule has 92 valence electrons. The van der Waals surface area contributed by atoms with Crippen LogP contribution in [0.2, 0.25) is 4.34 Å². The number of hydrogen-bond acceptors (Lipinski definition) is 4. The summed E-state index contributed by atoms with van der Waals surface area (Å²) in [5, 5.41) is 4.23. The fourth-order valence-corrected chi connectivity index (χ4v) is 2.91. The summed E-state index contributed by atoms with van der Waals surface area (Å²) in [4.78, 5) is 1.21. The summed E-state index contributed by atoms with van der Waals surface area (Å²) in [6.07, 6.45) is 2.68. The Morgan fingerprint density at radius 2 is 2.35 bits per heavy atom. The van der Waals surface area contributed by atoms with Crippen LogP contribution in [0.3, 0.4) is 0 Å². The summed E-state index contributed by atoms with van der Waals surface area (Å²) in [6, 6.07) is 4.01. The number of halogens is 1. The van der Waals surface area contributed by atoms with Crippen LogP contribution < -0.4 is 11.3 Å². The van der Waals surface area contributed by atoms with Crippen molar-refractivity contribution in [3.8, 4) is 0 Å². The van der Waals surface area contributed by atoms with Gasteiger partial charge >= 0.3 is 0 Å². The van der Waals surface area contributed by atoms with E-state index in [9.17, 15) is 0 Å². The van der Waals surface area contributed by atoms with Crippen molar-refractivity contribution in [1.29, 1.82) is 0 Å². The van der Waals surface area contributed by atoms with Gasteiger partial charge in [-0.05, 0) is 19.1 Å². The summed E-state index contributed by atoms with van der Waals surface area (Å²) < 4.78 is 2.65. The first-order valence-electron chi connectivity index (χ1n) is 5.30. The van der Waals surface area contributed by atoms with Gasteiger partial charge in [0.25, 0.3) is 0 Å². The van der Waals surface area contributed by atoms with E-state index in [1.54, 1.807) is 11.3 Å². The molecule has 2 heterocycles. The van der Waals surface area contributed by atoms with Gasteiger partial charge in [0, 0.05) is 29.6 Å². The smallest absolute Gasteiger partial charge is 0.0931 e. The normalized spacial score (nSPS) is 12.9. The van der Waals surface area contributed by atoms with Gasteiger partial charge in [0.05, 0.1) is 16.6 Å². The van der Waals surface area contributed by atoms with Gasteiger partial charge in [0.1, 0.15) is 0 Å². The summed E-state index contributed by atoms with van der Waals surface area (Å²) in [5.74, 6) is 5.62. The quantitative estimate of drug-likeness (QED) is 0.661. The number of aryl methyl sites for hydroxylation is 1. The third kappa shape index (κ3) is 2.69. The summed E-state index contributed by atoms with van der Waals surface area (Å²) in [7, 11) is 1.93. The molecule has 0 spiro atoms. The Labute approximate surface area is 109 Å². The van der Waals surface area contributed by atoms with Crippen molar-refractivity contribution in [2.24, 2.45) is 12.9 Å². The first-order valence-corrected chi connectivity index (χ1v) is 6.50. The van der Waals surface area contributed by atoms with Gasteiger partial charge < -0.3 is 0 Å². The first kappa shape index (κ1) is 12.6. The Balaban J connectivity index is 2.19. The molecule has 0 aliphatic rings. The number of rotatable bonds is 4. The van der Waals surface area contributed by atoms with Crippen molar-refractivity contribution >= 4 is 22.9 Å². The third-order valence-corrected chi connectivity index (χ3v) is 4.14. The Bertz CT molecular complexity index is 505. The van der Waals surface area contributed by atoms with Crippen molar-refractivity contribution in [1.82, 2.24) is 15.2 Å². The van der Waals surface area contributed by atoms with Crippen LogP contribution in [0.5, 0.6) is 0 Å². The summed E-state index contributed by atoms with van der Waals surface area (Å²) >= 11 is 7.50. The highest BCUT2D eigenvalue weighted by atomic mass is 35.5. The van der Waals surface area contributed by atoms with E-state index >= 15 is 0 Å². The molecule has 0 aliphatic heterocycles. The lowest BCUT2D eigenvalue weighted by atomic mass is 10.0. The molecule has 17 heavy (non-hydrogen) atoms. The average Bonchev–Trinajstić information content (AvgIpc) is 2.85. The highest BCUT2D eigenvalue weighted by Gasteiger charge is 2.16. The lowest BCUT2D eigenvalue weighted by Crippen LogP contribution is -2.29. The van der Waals surface area contributed by atoms with Gasteiger partial charge in [-0.1, -0.05) is 11.6 Å². The maximum atomic E-state index is 5.92. The number of nitrogens with one attached hydrogen (secondary N) is 1. The van der Waals surface area contributed by atoms with Crippen molar-refractivity contribution < 1.29 is 0 Å². The van der Waals surface area contributed by atoms with E-state index in [1.165, 1.54) is 4.88 Å². The second kappa shape index (κ2) is 5.18. The molecule has 4 nitrogen and oxygen atoms in total. The molecule has 0 saturated heterocycles. The molecule has 6 heteroatoms. The molecular weight excluding hydrogens is 256 g/mol. The minimum absolute atomic E-state index is 0.0680. The molecular formula is C11H15ClN4S. The molecule has 0 bridgehead atoms. The largest absolute Gasteiger partial charge is 0.273 e. The van der Waals surface area contributed by atoms with Crippen LogP contribution in [-0.4, -0.2) is 9.78 Å². The second-order valence-corrected chi connectivity index (χ2v) is 5.74. The van der Waals surface area contributed by atoms with Crippen molar-refractivity contribution in [3.05, 3.63) is 38.8 Å². The lowest BCUT2D eigenvalue weighted by molar-refractivity contribution is 0.551. The van der Waals surface area contributed by atoms with E-state index in [0.717, 1.165) is 22.0 Å². The van der Waals surface area contributed by atoms with E-state index in [0.29, 0.717) is 0 Å². The number of hydrogen-bond donors (Lipinski definition) is 2. The fraction of sp³-hybridized carbons (Fsp3) is 0.364. The first-order chi connectivity index (χ1) is 8.11. The standard InChI is InChI=1S/C11H15ClN4S/c1-7-9(6-14-16(7)2)10(15-13)5-8-3-4-11(12)17-8/h3-4,6,10,15H,5,13H2,1-2H3. The van der Waals surface area contributed by atoms with E-state index in [2.05, 4.69) is 10.5 Å². The predicted molar refractivity (Wildman–Crippen MR) is 71.0 cm³/mol. The van der Waals surface area contributed by atoms with Crippen LogP contribution in [0.15, 0.2) is 18.3 Å². The minimum atomic E-state index is 0.0680. The zero-order valence-corrected chi connectivity index (χ0v) is 11.3. The zero-order chi connectivity index (χ0) is 12.4. The van der Waals surface area contributed by atoms with Crippen molar-refractivity contribution in [3.63, 3.8) is 0 Å². The van der Waals surface area contributed by atoms with Gasteiger partial charge in [-0.25, -0.2) is 0 Å². The topological polar surface area (TPSA) is 55.9 Å². The van der Waals surface area contributed by atoms with Gasteiger partial charge in [0.15, 0.2) is 0 Å². The zero-order valence-electron chi connectivity index (χ0n) is 9.77. The highest BCUT2D eigenvalue weighted by molar-refractivity contribution is 7.16. The van der Waals surface area contributed by atoms with Crippen LogP contribution in [0.1, 0.15) is 22.2 Å². The molecule has 0 aromatic carbocycles. The van der Waals surface area contributed by atoms with Crippen LogP contribution >= 0.6 is 22.9 Å². The monoisotopic (exact) mass is 270 g/mol. The number of nitrogens with zero attached hydrogens (tertiary/aromatic N) is 2. The third-order valence-electron chi connectivity index (χ3n) is 2.88. The van der Waals surface area contributed by atoms with E-state index in [1.807, 2.05) is 37.0 Å². The Kier molecular flexibility index (Phi) is 3.83. The molecule has 2 rings (SSSR count). The van der Waals surface area contributed by atoms with Gasteiger partial charge in [-0.3, -0.25) is 16.0 Å². The SMILES string of the molecule is Cc1c(C(Cc2ccc(Cl)s2)NN)cnn1C. The highest BCUT2D eigenvalue weighted by Crippen LogP contribution is 2.27.